The van der Waals surface area contributed by atoms with Crippen molar-refractivity contribution in [2.24, 2.45) is 0 Å². The highest BCUT2D eigenvalue weighted by molar-refractivity contribution is 8.00. The van der Waals surface area contributed by atoms with Crippen molar-refractivity contribution < 1.29 is 14.7 Å². The van der Waals surface area contributed by atoms with E-state index in [1.54, 1.807) is 17.0 Å². The lowest BCUT2D eigenvalue weighted by atomic mass is 10.2. The summed E-state index contributed by atoms with van der Waals surface area (Å²) in [4.78, 5) is 29.0. The summed E-state index contributed by atoms with van der Waals surface area (Å²) in [6.07, 6.45) is -0.939. The first-order valence-corrected chi connectivity index (χ1v) is 11.8. The fourth-order valence-corrected chi connectivity index (χ4v) is 4.91. The van der Waals surface area contributed by atoms with Crippen LogP contribution >= 0.6 is 11.8 Å². The molecule has 1 fully saturated rings. The van der Waals surface area contributed by atoms with Gasteiger partial charge in [0.2, 0.25) is 0 Å². The minimum Gasteiger partial charge on any atom is -0.371 e. The van der Waals surface area contributed by atoms with Crippen LogP contribution in [0.1, 0.15) is 21.5 Å². The van der Waals surface area contributed by atoms with Crippen molar-refractivity contribution in [2.45, 2.75) is 25.4 Å². The number of aliphatic hydroxyl groups excluding tert-OH is 1. The number of carbonyl (C=O) groups is 2. The molecule has 2 atom stereocenters. The Morgan fingerprint density at radius 3 is 1.84 bits per heavy atom. The van der Waals surface area contributed by atoms with Crippen LogP contribution in [0.15, 0.2) is 91.0 Å². The third kappa shape index (κ3) is 5.21. The quantitative estimate of drug-likeness (QED) is 0.494. The van der Waals surface area contributed by atoms with Gasteiger partial charge in [-0.3, -0.25) is 9.69 Å². The molecule has 4 rings (SSSR count). The highest BCUT2D eigenvalue weighted by atomic mass is 32.2. The largest absolute Gasteiger partial charge is 0.371 e. The molecule has 3 aromatic rings. The number of hydrogen-bond acceptors (Lipinski definition) is 4. The lowest BCUT2D eigenvalue weighted by molar-refractivity contribution is 0.0346. The number of amides is 2. The number of ketones is 1. The van der Waals surface area contributed by atoms with Gasteiger partial charge in [-0.2, -0.15) is 11.8 Å². The summed E-state index contributed by atoms with van der Waals surface area (Å²) in [5, 5.41) is 11.1. The molecule has 1 heterocycles. The Kier molecular flexibility index (Phi) is 7.24. The Bertz CT molecular complexity index is 1030. The number of nitrogens with zero attached hydrogens (tertiary/aromatic N) is 2. The van der Waals surface area contributed by atoms with Crippen LogP contribution in [0.5, 0.6) is 0 Å². The molecule has 5 nitrogen and oxygen atoms in total. The van der Waals surface area contributed by atoms with E-state index in [0.29, 0.717) is 30.2 Å². The molecule has 0 aliphatic carbocycles. The minimum absolute atomic E-state index is 0.0464. The van der Waals surface area contributed by atoms with E-state index >= 15 is 0 Å². The van der Waals surface area contributed by atoms with Crippen LogP contribution in [-0.4, -0.2) is 50.5 Å². The maximum atomic E-state index is 13.3. The third-order valence-electron chi connectivity index (χ3n) is 5.56. The number of aliphatic hydroxyl groups is 1. The van der Waals surface area contributed by atoms with E-state index in [1.165, 1.54) is 16.7 Å². The van der Waals surface area contributed by atoms with E-state index in [2.05, 4.69) is 0 Å². The Morgan fingerprint density at radius 2 is 1.28 bits per heavy atom. The van der Waals surface area contributed by atoms with E-state index in [4.69, 9.17) is 0 Å². The number of benzene rings is 3. The van der Waals surface area contributed by atoms with E-state index in [0.717, 1.165) is 11.1 Å². The van der Waals surface area contributed by atoms with Gasteiger partial charge in [0.1, 0.15) is 0 Å². The van der Waals surface area contributed by atoms with E-state index in [-0.39, 0.29) is 11.8 Å². The molecule has 0 radical (unpaired) electrons. The first kappa shape index (κ1) is 22.1. The van der Waals surface area contributed by atoms with E-state index in [1.807, 2.05) is 78.9 Å². The molecule has 32 heavy (non-hydrogen) atoms. The summed E-state index contributed by atoms with van der Waals surface area (Å²) >= 11 is 1.45. The molecule has 2 amide bonds. The second kappa shape index (κ2) is 10.5. The number of rotatable bonds is 9. The van der Waals surface area contributed by atoms with Gasteiger partial charge in [0.25, 0.3) is 0 Å². The maximum absolute atomic E-state index is 13.3. The SMILES string of the molecule is O=C(CSCC1C(O)N(Cc2ccccc2)C(=O)N1Cc1ccccc1)c1ccccc1. The second-order valence-electron chi connectivity index (χ2n) is 7.79. The van der Waals surface area contributed by atoms with Crippen LogP contribution in [0.3, 0.4) is 0 Å². The minimum atomic E-state index is -0.939. The van der Waals surface area contributed by atoms with Crippen molar-refractivity contribution in [2.75, 3.05) is 11.5 Å². The number of thioether (sulfide) groups is 1. The lowest BCUT2D eigenvalue weighted by Crippen LogP contribution is -2.39. The normalized spacial score (nSPS) is 18.2. The molecule has 6 heteroatoms. The van der Waals surface area contributed by atoms with Crippen molar-refractivity contribution in [3.05, 3.63) is 108 Å². The van der Waals surface area contributed by atoms with Gasteiger partial charge >= 0.3 is 6.03 Å². The predicted octanol–water partition coefficient (Wildman–Crippen LogP) is 4.43. The third-order valence-corrected chi connectivity index (χ3v) is 6.61. The van der Waals surface area contributed by atoms with Crippen LogP contribution in [0.25, 0.3) is 0 Å². The standard InChI is InChI=1S/C26H26N2O3S/c29-24(22-14-8-3-9-15-22)19-32-18-23-25(30)28(17-21-12-6-2-7-13-21)26(31)27(23)16-20-10-4-1-5-11-20/h1-15,23,25,30H,16-19H2. The molecule has 0 aromatic heterocycles. The molecule has 0 bridgehead atoms. The topological polar surface area (TPSA) is 60.9 Å². The van der Waals surface area contributed by atoms with Gasteiger partial charge in [-0.05, 0) is 11.1 Å². The van der Waals surface area contributed by atoms with Gasteiger partial charge in [0.15, 0.2) is 12.0 Å². The van der Waals surface area contributed by atoms with Crippen LogP contribution in [0, 0.1) is 0 Å². The number of Topliss-reactive ketones (excluding diaryl/α,β-unsaturated/α-hetero) is 1. The number of carbonyl (C=O) groups excluding carboxylic acids is 2. The number of hydrogen-bond donors (Lipinski definition) is 1. The molecule has 1 aliphatic heterocycles. The number of urea groups is 1. The average Bonchev–Trinajstić information content (AvgIpc) is 3.05. The van der Waals surface area contributed by atoms with Crippen molar-refractivity contribution in [3.63, 3.8) is 0 Å². The van der Waals surface area contributed by atoms with Gasteiger partial charge in [0.05, 0.1) is 18.3 Å². The molecule has 1 saturated heterocycles. The van der Waals surface area contributed by atoms with E-state index < -0.39 is 12.3 Å². The van der Waals surface area contributed by atoms with Crippen LogP contribution in [-0.2, 0) is 13.1 Å². The molecule has 0 spiro atoms. The molecular weight excluding hydrogens is 420 g/mol. The first-order valence-electron chi connectivity index (χ1n) is 10.6. The van der Waals surface area contributed by atoms with Gasteiger partial charge in [-0.1, -0.05) is 91.0 Å². The Morgan fingerprint density at radius 1 is 0.781 bits per heavy atom. The molecule has 3 aromatic carbocycles. The average molecular weight is 447 g/mol. The maximum Gasteiger partial charge on any atom is 0.323 e. The zero-order chi connectivity index (χ0) is 22.3. The van der Waals surface area contributed by atoms with Crippen LogP contribution in [0.2, 0.25) is 0 Å². The monoisotopic (exact) mass is 446 g/mol. The zero-order valence-corrected chi connectivity index (χ0v) is 18.5. The summed E-state index contributed by atoms with van der Waals surface area (Å²) in [6, 6.07) is 28.0. The van der Waals surface area contributed by atoms with Gasteiger partial charge in [-0.15, -0.1) is 0 Å². The predicted molar refractivity (Wildman–Crippen MR) is 127 cm³/mol. The Hall–Kier alpha value is -3.09. The highest BCUT2D eigenvalue weighted by Crippen LogP contribution is 2.28. The lowest BCUT2D eigenvalue weighted by Gasteiger charge is -2.24. The summed E-state index contributed by atoms with van der Waals surface area (Å²) in [5.41, 5.74) is 2.65. The second-order valence-corrected chi connectivity index (χ2v) is 8.83. The van der Waals surface area contributed by atoms with Gasteiger partial charge in [0, 0.05) is 17.9 Å². The molecule has 2 unspecified atom stereocenters. The fourth-order valence-electron chi connectivity index (χ4n) is 3.85. The van der Waals surface area contributed by atoms with Crippen molar-refractivity contribution in [3.8, 4) is 0 Å². The van der Waals surface area contributed by atoms with Gasteiger partial charge < -0.3 is 10.0 Å². The summed E-state index contributed by atoms with van der Waals surface area (Å²) < 4.78 is 0. The molecule has 0 saturated carbocycles. The van der Waals surface area contributed by atoms with E-state index in [9.17, 15) is 14.7 Å². The Labute approximate surface area is 192 Å². The Balaban J connectivity index is 1.47. The van der Waals surface area contributed by atoms with Gasteiger partial charge in [-0.25, -0.2) is 4.79 Å². The molecule has 1 aliphatic rings. The fraction of sp³-hybridized carbons (Fsp3) is 0.231. The zero-order valence-electron chi connectivity index (χ0n) is 17.7. The van der Waals surface area contributed by atoms with Crippen molar-refractivity contribution in [1.29, 1.82) is 0 Å². The first-order chi connectivity index (χ1) is 15.6. The van der Waals surface area contributed by atoms with Crippen molar-refractivity contribution >= 4 is 23.6 Å². The molecular formula is C26H26N2O3S. The summed E-state index contributed by atoms with van der Waals surface area (Å²) in [6.45, 7) is 0.760. The van der Waals surface area contributed by atoms with Crippen molar-refractivity contribution in [1.82, 2.24) is 9.80 Å². The van der Waals surface area contributed by atoms with Crippen LogP contribution < -0.4 is 0 Å². The van der Waals surface area contributed by atoms with Crippen LogP contribution in [0.4, 0.5) is 4.79 Å². The smallest absolute Gasteiger partial charge is 0.323 e. The summed E-state index contributed by atoms with van der Waals surface area (Å²) in [7, 11) is 0. The molecule has 1 N–H and O–H groups in total. The molecule has 164 valence electrons. The highest BCUT2D eigenvalue weighted by Gasteiger charge is 2.44. The summed E-state index contributed by atoms with van der Waals surface area (Å²) in [5.74, 6) is 0.827.